The summed E-state index contributed by atoms with van der Waals surface area (Å²) < 4.78 is 0. The van der Waals surface area contributed by atoms with Gasteiger partial charge in [-0.2, -0.15) is 0 Å². The molecule has 0 aromatic carbocycles. The third-order valence-corrected chi connectivity index (χ3v) is 3.12. The van der Waals surface area contributed by atoms with E-state index in [2.05, 4.69) is 6.58 Å². The number of amides is 1. The molecule has 1 atom stereocenters. The quantitative estimate of drug-likeness (QED) is 0.650. The first-order valence-electron chi connectivity index (χ1n) is 5.24. The van der Waals surface area contributed by atoms with Crippen LogP contribution >= 0.6 is 0 Å². The molecule has 1 saturated carbocycles. The molecule has 0 radical (unpaired) electrons. The van der Waals surface area contributed by atoms with Gasteiger partial charge in [-0.1, -0.05) is 19.4 Å². The van der Waals surface area contributed by atoms with Crippen molar-refractivity contribution in [3.8, 4) is 0 Å². The number of carbonyl (C=O) groups excluding carboxylic acids is 1. The van der Waals surface area contributed by atoms with Gasteiger partial charge in [0.1, 0.15) is 0 Å². The molecule has 0 N–H and O–H groups in total. The maximum Gasteiger partial charge on any atom is 0.229 e. The van der Waals surface area contributed by atoms with E-state index >= 15 is 0 Å². The van der Waals surface area contributed by atoms with Gasteiger partial charge in [0.25, 0.3) is 0 Å². The van der Waals surface area contributed by atoms with Crippen LogP contribution < -0.4 is 0 Å². The van der Waals surface area contributed by atoms with E-state index in [0.29, 0.717) is 11.8 Å². The molecular formula is C11H17NO. The molecule has 1 aliphatic carbocycles. The third-order valence-electron chi connectivity index (χ3n) is 3.12. The zero-order valence-corrected chi connectivity index (χ0v) is 8.04. The van der Waals surface area contributed by atoms with Crippen LogP contribution in [0.25, 0.3) is 0 Å². The summed E-state index contributed by atoms with van der Waals surface area (Å²) in [6.45, 7) is 4.55. The van der Waals surface area contributed by atoms with Crippen LogP contribution in [-0.4, -0.2) is 17.4 Å². The first kappa shape index (κ1) is 8.79. The standard InChI is InChI=1S/C11H17NO/c1-2-12-7-3-4-10(11(12)13)8-9-5-6-9/h2,9-10H,1,3-8H2. The van der Waals surface area contributed by atoms with Crippen LogP contribution in [0.4, 0.5) is 0 Å². The number of nitrogens with zero attached hydrogens (tertiary/aromatic N) is 1. The monoisotopic (exact) mass is 179 g/mol. The Morgan fingerprint density at radius 1 is 1.46 bits per heavy atom. The van der Waals surface area contributed by atoms with Crippen molar-refractivity contribution in [3.63, 3.8) is 0 Å². The summed E-state index contributed by atoms with van der Waals surface area (Å²) in [6, 6.07) is 0. The lowest BCUT2D eigenvalue weighted by molar-refractivity contribution is -0.135. The normalized spacial score (nSPS) is 29.1. The predicted octanol–water partition coefficient (Wildman–Crippen LogP) is 2.17. The second-order valence-corrected chi connectivity index (χ2v) is 4.23. The Morgan fingerprint density at radius 3 is 2.85 bits per heavy atom. The summed E-state index contributed by atoms with van der Waals surface area (Å²) in [5.74, 6) is 1.48. The largest absolute Gasteiger partial charge is 0.319 e. The topological polar surface area (TPSA) is 20.3 Å². The molecule has 1 heterocycles. The molecule has 0 aromatic heterocycles. The fourth-order valence-electron chi connectivity index (χ4n) is 2.13. The van der Waals surface area contributed by atoms with Gasteiger partial charge in [0.05, 0.1) is 0 Å². The van der Waals surface area contributed by atoms with Gasteiger partial charge in [0.15, 0.2) is 0 Å². The minimum Gasteiger partial charge on any atom is -0.319 e. The maximum absolute atomic E-state index is 11.8. The molecule has 2 rings (SSSR count). The summed E-state index contributed by atoms with van der Waals surface area (Å²) in [5, 5.41) is 0. The molecule has 1 amide bonds. The number of hydrogen-bond acceptors (Lipinski definition) is 1. The Balaban J connectivity index is 1.92. The van der Waals surface area contributed by atoms with Gasteiger partial charge < -0.3 is 4.90 Å². The van der Waals surface area contributed by atoms with Crippen LogP contribution in [0.5, 0.6) is 0 Å². The fourth-order valence-corrected chi connectivity index (χ4v) is 2.13. The SMILES string of the molecule is C=CN1CCCC(CC2CC2)C1=O. The van der Waals surface area contributed by atoms with E-state index in [-0.39, 0.29) is 0 Å². The lowest BCUT2D eigenvalue weighted by Gasteiger charge is -2.29. The van der Waals surface area contributed by atoms with Crippen LogP contribution in [0.15, 0.2) is 12.8 Å². The zero-order valence-electron chi connectivity index (χ0n) is 8.04. The molecule has 72 valence electrons. The summed E-state index contributed by atoms with van der Waals surface area (Å²) >= 11 is 0. The first-order chi connectivity index (χ1) is 6.31. The van der Waals surface area contributed by atoms with E-state index in [1.165, 1.54) is 12.8 Å². The van der Waals surface area contributed by atoms with Crippen LogP contribution in [0, 0.1) is 11.8 Å². The van der Waals surface area contributed by atoms with E-state index < -0.39 is 0 Å². The van der Waals surface area contributed by atoms with Gasteiger partial charge in [-0.15, -0.1) is 0 Å². The summed E-state index contributed by atoms with van der Waals surface area (Å²) in [7, 11) is 0. The van der Waals surface area contributed by atoms with E-state index in [4.69, 9.17) is 0 Å². The highest BCUT2D eigenvalue weighted by atomic mass is 16.2. The van der Waals surface area contributed by atoms with Crippen molar-refractivity contribution in [1.82, 2.24) is 4.90 Å². The molecule has 2 aliphatic rings. The molecule has 1 unspecified atom stereocenters. The van der Waals surface area contributed by atoms with Gasteiger partial charge >= 0.3 is 0 Å². The van der Waals surface area contributed by atoms with Crippen LogP contribution in [-0.2, 0) is 4.79 Å². The van der Waals surface area contributed by atoms with Crippen LogP contribution in [0.2, 0.25) is 0 Å². The fraction of sp³-hybridized carbons (Fsp3) is 0.727. The predicted molar refractivity (Wildman–Crippen MR) is 52.0 cm³/mol. The van der Waals surface area contributed by atoms with Gasteiger partial charge in [-0.25, -0.2) is 0 Å². The number of likely N-dealkylation sites (tertiary alicyclic amines) is 1. The molecule has 13 heavy (non-hydrogen) atoms. The molecular weight excluding hydrogens is 162 g/mol. The van der Waals surface area contributed by atoms with Gasteiger partial charge in [0.2, 0.25) is 5.91 Å². The maximum atomic E-state index is 11.8. The summed E-state index contributed by atoms with van der Waals surface area (Å²) in [6.07, 6.45) is 7.75. The van der Waals surface area contributed by atoms with Crippen LogP contribution in [0.1, 0.15) is 32.1 Å². The first-order valence-corrected chi connectivity index (χ1v) is 5.24. The van der Waals surface area contributed by atoms with Crippen LogP contribution in [0.3, 0.4) is 0 Å². The molecule has 2 nitrogen and oxygen atoms in total. The van der Waals surface area contributed by atoms with E-state index in [1.54, 1.807) is 11.1 Å². The van der Waals surface area contributed by atoms with E-state index in [0.717, 1.165) is 31.7 Å². The Kier molecular flexibility index (Phi) is 2.38. The average Bonchev–Trinajstić information content (AvgIpc) is 2.92. The van der Waals surface area contributed by atoms with Gasteiger partial charge in [-0.05, 0) is 31.4 Å². The van der Waals surface area contributed by atoms with Crippen molar-refractivity contribution in [2.45, 2.75) is 32.1 Å². The average molecular weight is 179 g/mol. The molecule has 0 spiro atoms. The summed E-state index contributed by atoms with van der Waals surface area (Å²) in [5.41, 5.74) is 0. The van der Waals surface area contributed by atoms with Crippen molar-refractivity contribution in [2.75, 3.05) is 6.54 Å². The van der Waals surface area contributed by atoms with Crippen molar-refractivity contribution >= 4 is 5.91 Å². The molecule has 1 aliphatic heterocycles. The van der Waals surface area contributed by atoms with Gasteiger partial charge in [-0.3, -0.25) is 4.79 Å². The second-order valence-electron chi connectivity index (χ2n) is 4.23. The minimum atomic E-state index is 0.305. The number of carbonyl (C=O) groups is 1. The lowest BCUT2D eigenvalue weighted by Crippen LogP contribution is -2.37. The Hall–Kier alpha value is -0.790. The van der Waals surface area contributed by atoms with Crippen molar-refractivity contribution in [3.05, 3.63) is 12.8 Å². The highest BCUT2D eigenvalue weighted by Gasteiger charge is 2.32. The highest BCUT2D eigenvalue weighted by Crippen LogP contribution is 2.38. The van der Waals surface area contributed by atoms with E-state index in [1.807, 2.05) is 0 Å². The molecule has 0 bridgehead atoms. The van der Waals surface area contributed by atoms with Crippen molar-refractivity contribution in [1.29, 1.82) is 0 Å². The molecule has 2 fully saturated rings. The Labute approximate surface area is 79.6 Å². The number of hydrogen-bond donors (Lipinski definition) is 0. The molecule has 2 heteroatoms. The smallest absolute Gasteiger partial charge is 0.229 e. The third kappa shape index (κ3) is 1.93. The lowest BCUT2D eigenvalue weighted by atomic mass is 9.92. The summed E-state index contributed by atoms with van der Waals surface area (Å²) in [4.78, 5) is 13.6. The van der Waals surface area contributed by atoms with Crippen molar-refractivity contribution in [2.24, 2.45) is 11.8 Å². The minimum absolute atomic E-state index is 0.305. The van der Waals surface area contributed by atoms with E-state index in [9.17, 15) is 4.79 Å². The molecule has 1 saturated heterocycles. The number of rotatable bonds is 3. The second kappa shape index (κ2) is 3.52. The zero-order chi connectivity index (χ0) is 9.26. The highest BCUT2D eigenvalue weighted by molar-refractivity contribution is 5.80. The molecule has 0 aromatic rings. The van der Waals surface area contributed by atoms with Crippen molar-refractivity contribution < 1.29 is 4.79 Å². The van der Waals surface area contributed by atoms with Gasteiger partial charge in [0, 0.05) is 12.5 Å². The Bertz CT molecular complexity index is 220. The Morgan fingerprint density at radius 2 is 2.23 bits per heavy atom. The number of piperidine rings is 1.